The molecule has 1 N–H and O–H groups in total. The largest absolute Gasteiger partial charge is 0.381 e. The monoisotopic (exact) mass is 226 g/mol. The summed E-state index contributed by atoms with van der Waals surface area (Å²) in [4.78, 5) is 0. The van der Waals surface area contributed by atoms with Crippen LogP contribution in [-0.2, 0) is 0 Å². The third kappa shape index (κ3) is 2.53. The van der Waals surface area contributed by atoms with Crippen LogP contribution in [0.15, 0.2) is 24.3 Å². The Hall–Kier alpha value is -0.380. The van der Waals surface area contributed by atoms with E-state index in [0.717, 1.165) is 0 Å². The highest BCUT2D eigenvalue weighted by Gasteiger charge is 2.37. The van der Waals surface area contributed by atoms with E-state index in [1.165, 1.54) is 18.2 Å². The molecule has 0 aliphatic carbocycles. The summed E-state index contributed by atoms with van der Waals surface area (Å²) >= 11 is 10.2. The first-order valence-corrected chi connectivity index (χ1v) is 4.17. The number of hydrogen-bond donors (Lipinski definition) is 1. The molecule has 0 bridgehead atoms. The smallest absolute Gasteiger partial charge is 0.351 e. The number of benzene rings is 1. The van der Waals surface area contributed by atoms with Gasteiger partial charge in [0.15, 0.2) is 6.10 Å². The molecule has 0 amide bonds. The van der Waals surface area contributed by atoms with Crippen molar-refractivity contribution in [2.45, 2.75) is 11.5 Å². The van der Waals surface area contributed by atoms with Gasteiger partial charge in [-0.25, -0.2) is 0 Å². The molecule has 0 saturated carbocycles. The van der Waals surface area contributed by atoms with Crippen molar-refractivity contribution in [2.75, 3.05) is 0 Å². The molecule has 1 nitrogen and oxygen atoms in total. The maximum Gasteiger partial charge on any atom is 0.351 e. The Morgan fingerprint density at radius 1 is 1.31 bits per heavy atom. The van der Waals surface area contributed by atoms with E-state index in [4.69, 9.17) is 16.7 Å². The summed E-state index contributed by atoms with van der Waals surface area (Å²) in [5, 5.41) is 5.43. The second kappa shape index (κ2) is 3.78. The Morgan fingerprint density at radius 2 is 1.85 bits per heavy atom. The molecule has 0 heterocycles. The fourth-order valence-electron chi connectivity index (χ4n) is 0.873. The number of aliphatic hydroxyl groups is 1. The average molecular weight is 227 g/mol. The number of rotatable bonds is 2. The standard InChI is InChI=1S/C8H6Cl2F2O/c9-6-4-2-1-3-5(6)7(13)8(10,11)12/h1-4,7,13H. The van der Waals surface area contributed by atoms with E-state index in [0.29, 0.717) is 0 Å². The SMILES string of the molecule is OC(c1ccccc1Cl)C(F)(F)Cl. The van der Waals surface area contributed by atoms with E-state index in [1.807, 2.05) is 0 Å². The first kappa shape index (κ1) is 10.7. The molecule has 1 atom stereocenters. The lowest BCUT2D eigenvalue weighted by atomic mass is 10.1. The Bertz CT molecular complexity index is 298. The van der Waals surface area contributed by atoms with Crippen molar-refractivity contribution in [1.29, 1.82) is 0 Å². The molecule has 13 heavy (non-hydrogen) atoms. The summed E-state index contributed by atoms with van der Waals surface area (Å²) in [6, 6.07) is 5.77. The minimum atomic E-state index is -3.70. The predicted octanol–water partition coefficient (Wildman–Crippen LogP) is 3.21. The van der Waals surface area contributed by atoms with Crippen LogP contribution in [0.3, 0.4) is 0 Å². The van der Waals surface area contributed by atoms with Crippen molar-refractivity contribution < 1.29 is 13.9 Å². The molecule has 1 rings (SSSR count). The minimum Gasteiger partial charge on any atom is -0.381 e. The van der Waals surface area contributed by atoms with Crippen LogP contribution in [0.4, 0.5) is 8.78 Å². The molecule has 0 aliphatic rings. The van der Waals surface area contributed by atoms with Crippen LogP contribution < -0.4 is 0 Å². The summed E-state index contributed by atoms with van der Waals surface area (Å²) in [6.07, 6.45) is -2.08. The third-order valence-electron chi connectivity index (χ3n) is 1.51. The molecule has 1 unspecified atom stereocenters. The molecule has 0 aliphatic heterocycles. The minimum absolute atomic E-state index is 0.0651. The van der Waals surface area contributed by atoms with E-state index in [1.54, 1.807) is 6.07 Å². The summed E-state index contributed by atoms with van der Waals surface area (Å²) in [5.74, 6) is 0. The first-order valence-electron chi connectivity index (χ1n) is 3.42. The van der Waals surface area contributed by atoms with Crippen LogP contribution in [0.2, 0.25) is 5.02 Å². The molecule has 0 spiro atoms. The van der Waals surface area contributed by atoms with E-state index in [9.17, 15) is 8.78 Å². The average Bonchev–Trinajstić information content (AvgIpc) is 2.02. The number of hydrogen-bond acceptors (Lipinski definition) is 1. The summed E-state index contributed by atoms with van der Waals surface area (Å²) < 4.78 is 24.9. The van der Waals surface area contributed by atoms with Crippen molar-refractivity contribution in [3.05, 3.63) is 34.9 Å². The second-order valence-corrected chi connectivity index (χ2v) is 3.38. The maximum atomic E-state index is 12.4. The summed E-state index contributed by atoms with van der Waals surface area (Å²) in [6.45, 7) is 0. The second-order valence-electron chi connectivity index (χ2n) is 2.47. The van der Waals surface area contributed by atoms with E-state index in [2.05, 4.69) is 11.6 Å². The van der Waals surface area contributed by atoms with Gasteiger partial charge in [-0.1, -0.05) is 29.8 Å². The molecular weight excluding hydrogens is 221 g/mol. The maximum absolute atomic E-state index is 12.4. The van der Waals surface area contributed by atoms with E-state index < -0.39 is 11.5 Å². The molecule has 0 aromatic heterocycles. The first-order chi connectivity index (χ1) is 5.93. The van der Waals surface area contributed by atoms with Gasteiger partial charge in [-0.05, 0) is 17.7 Å². The molecule has 1 aromatic carbocycles. The number of alkyl halides is 3. The highest BCUT2D eigenvalue weighted by Crippen LogP contribution is 2.37. The van der Waals surface area contributed by atoms with Gasteiger partial charge in [-0.15, -0.1) is 0 Å². The van der Waals surface area contributed by atoms with Crippen molar-refractivity contribution in [3.8, 4) is 0 Å². The van der Waals surface area contributed by atoms with Gasteiger partial charge >= 0.3 is 5.38 Å². The lowest BCUT2D eigenvalue weighted by molar-refractivity contribution is -0.0424. The van der Waals surface area contributed by atoms with Gasteiger partial charge in [0.2, 0.25) is 0 Å². The lowest BCUT2D eigenvalue weighted by Crippen LogP contribution is -2.19. The van der Waals surface area contributed by atoms with Gasteiger partial charge in [-0.3, -0.25) is 0 Å². The van der Waals surface area contributed by atoms with Gasteiger partial charge in [-0.2, -0.15) is 8.78 Å². The molecule has 0 saturated heterocycles. The molecular formula is C8H6Cl2F2O. The Balaban J connectivity index is 3.02. The van der Waals surface area contributed by atoms with Crippen LogP contribution in [0.25, 0.3) is 0 Å². The fraction of sp³-hybridized carbons (Fsp3) is 0.250. The van der Waals surface area contributed by atoms with Crippen molar-refractivity contribution in [1.82, 2.24) is 0 Å². The van der Waals surface area contributed by atoms with Gasteiger partial charge < -0.3 is 5.11 Å². The van der Waals surface area contributed by atoms with E-state index in [-0.39, 0.29) is 10.6 Å². The highest BCUT2D eigenvalue weighted by molar-refractivity contribution is 6.31. The highest BCUT2D eigenvalue weighted by atomic mass is 35.5. The zero-order valence-corrected chi connectivity index (χ0v) is 7.86. The molecule has 0 fully saturated rings. The summed E-state index contributed by atoms with van der Waals surface area (Å²) in [5.41, 5.74) is -0.0795. The topological polar surface area (TPSA) is 20.2 Å². The molecule has 0 radical (unpaired) electrons. The molecule has 1 aromatic rings. The Labute approximate surface area is 83.9 Å². The molecule has 72 valence electrons. The third-order valence-corrected chi connectivity index (χ3v) is 2.06. The van der Waals surface area contributed by atoms with E-state index >= 15 is 0 Å². The normalized spacial score (nSPS) is 14.2. The van der Waals surface area contributed by atoms with Crippen LogP contribution in [0.5, 0.6) is 0 Å². The Kier molecular flexibility index (Phi) is 3.11. The lowest BCUT2D eigenvalue weighted by Gasteiger charge is -2.16. The number of halogens is 4. The van der Waals surface area contributed by atoms with Crippen LogP contribution in [-0.4, -0.2) is 10.5 Å². The predicted molar refractivity (Wildman–Crippen MR) is 47.2 cm³/mol. The number of aliphatic hydroxyl groups excluding tert-OH is 1. The van der Waals surface area contributed by atoms with Gasteiger partial charge in [0, 0.05) is 10.6 Å². The summed E-state index contributed by atoms with van der Waals surface area (Å²) in [7, 11) is 0. The fourth-order valence-corrected chi connectivity index (χ4v) is 1.23. The quantitative estimate of drug-likeness (QED) is 0.769. The van der Waals surface area contributed by atoms with Gasteiger partial charge in [0.25, 0.3) is 0 Å². The molecule has 5 heteroatoms. The van der Waals surface area contributed by atoms with Crippen molar-refractivity contribution in [2.24, 2.45) is 0 Å². The van der Waals surface area contributed by atoms with Crippen LogP contribution >= 0.6 is 23.2 Å². The van der Waals surface area contributed by atoms with Gasteiger partial charge in [0.05, 0.1) is 0 Å². The van der Waals surface area contributed by atoms with Crippen LogP contribution in [0.1, 0.15) is 11.7 Å². The van der Waals surface area contributed by atoms with Crippen molar-refractivity contribution >= 4 is 23.2 Å². The van der Waals surface area contributed by atoms with Crippen molar-refractivity contribution in [3.63, 3.8) is 0 Å². The van der Waals surface area contributed by atoms with Crippen LogP contribution in [0, 0.1) is 0 Å². The zero-order valence-electron chi connectivity index (χ0n) is 6.35. The zero-order chi connectivity index (χ0) is 10.1. The Morgan fingerprint density at radius 3 is 2.31 bits per heavy atom. The van der Waals surface area contributed by atoms with Gasteiger partial charge in [0.1, 0.15) is 0 Å².